The normalized spacial score (nSPS) is 14.8. The van der Waals surface area contributed by atoms with Gasteiger partial charge in [0.15, 0.2) is 11.5 Å². The molecule has 0 saturated carbocycles. The Balaban J connectivity index is 1.61. The maximum Gasteiger partial charge on any atom is 0.335 e. The quantitative estimate of drug-likeness (QED) is 0.322. The number of rotatable bonds is 6. The second kappa shape index (κ2) is 10.4. The van der Waals surface area contributed by atoms with Crippen LogP contribution < -0.4 is 19.7 Å². The first kappa shape index (κ1) is 25.3. The second-order valence-electron chi connectivity index (χ2n) is 8.24. The minimum atomic E-state index is -0.797. The molecular formula is C27H22Cl2N2O5. The molecule has 0 aromatic heterocycles. The summed E-state index contributed by atoms with van der Waals surface area (Å²) in [7, 11) is 1.48. The maximum atomic E-state index is 13.2. The third-order valence-corrected chi connectivity index (χ3v) is 6.05. The zero-order chi connectivity index (χ0) is 26.0. The van der Waals surface area contributed by atoms with E-state index in [9.17, 15) is 14.4 Å². The highest BCUT2D eigenvalue weighted by molar-refractivity contribution is 6.39. The zero-order valence-electron chi connectivity index (χ0n) is 19.7. The number of nitrogens with one attached hydrogen (secondary N) is 1. The number of carbonyl (C=O) groups excluding carboxylic acids is 3. The van der Waals surface area contributed by atoms with Crippen LogP contribution in [0.4, 0.5) is 10.5 Å². The van der Waals surface area contributed by atoms with Gasteiger partial charge < -0.3 is 9.47 Å². The average Bonchev–Trinajstić information content (AvgIpc) is 2.81. The van der Waals surface area contributed by atoms with Gasteiger partial charge in [0.25, 0.3) is 11.8 Å². The predicted octanol–water partition coefficient (Wildman–Crippen LogP) is 5.86. The SMILES string of the molecule is COc1cc(C=C2C(=O)NC(=O)N(c3cc(C)cc(C)c3)C2=O)ccc1OCc1ccc(Cl)cc1Cl. The van der Waals surface area contributed by atoms with E-state index in [2.05, 4.69) is 5.32 Å². The van der Waals surface area contributed by atoms with Crippen molar-refractivity contribution in [2.24, 2.45) is 0 Å². The van der Waals surface area contributed by atoms with Gasteiger partial charge in [-0.1, -0.05) is 41.4 Å². The van der Waals surface area contributed by atoms with Gasteiger partial charge in [0.1, 0.15) is 12.2 Å². The Kier molecular flexibility index (Phi) is 7.33. The van der Waals surface area contributed by atoms with Gasteiger partial charge in [-0.15, -0.1) is 0 Å². The fraction of sp³-hybridized carbons (Fsp3) is 0.148. The molecule has 1 saturated heterocycles. The summed E-state index contributed by atoms with van der Waals surface area (Å²) in [6.45, 7) is 3.91. The molecule has 3 aromatic rings. The molecule has 0 atom stereocenters. The Morgan fingerprint density at radius 3 is 2.31 bits per heavy atom. The fourth-order valence-electron chi connectivity index (χ4n) is 3.83. The van der Waals surface area contributed by atoms with E-state index in [4.69, 9.17) is 32.7 Å². The van der Waals surface area contributed by atoms with Crippen LogP contribution in [0.5, 0.6) is 11.5 Å². The number of benzene rings is 3. The van der Waals surface area contributed by atoms with Crippen molar-refractivity contribution in [1.82, 2.24) is 5.32 Å². The number of barbiturate groups is 1. The first-order chi connectivity index (χ1) is 17.2. The number of nitrogens with zero attached hydrogens (tertiary/aromatic N) is 1. The van der Waals surface area contributed by atoms with Crippen molar-refractivity contribution < 1.29 is 23.9 Å². The third kappa shape index (κ3) is 5.37. The number of amides is 4. The van der Waals surface area contributed by atoms with Crippen molar-refractivity contribution in [3.8, 4) is 11.5 Å². The van der Waals surface area contributed by atoms with E-state index >= 15 is 0 Å². The Bertz CT molecular complexity index is 1400. The van der Waals surface area contributed by atoms with E-state index < -0.39 is 17.8 Å². The van der Waals surface area contributed by atoms with Crippen LogP contribution in [-0.4, -0.2) is 25.0 Å². The van der Waals surface area contributed by atoms with Crippen LogP contribution in [0, 0.1) is 13.8 Å². The van der Waals surface area contributed by atoms with E-state index in [0.717, 1.165) is 21.6 Å². The first-order valence-corrected chi connectivity index (χ1v) is 11.7. The molecule has 1 heterocycles. The summed E-state index contributed by atoms with van der Waals surface area (Å²) in [5.74, 6) is -0.662. The molecule has 1 N–H and O–H groups in total. The molecule has 1 aliphatic rings. The standard InChI is InChI=1S/C27H22Cl2N2O5/c1-15-8-16(2)10-20(9-15)31-26(33)21(25(32)30-27(31)34)11-17-4-7-23(24(12-17)35-3)36-14-18-5-6-19(28)13-22(18)29/h4-13H,14H2,1-3H3,(H,30,32,34). The average molecular weight is 525 g/mol. The number of hydrogen-bond acceptors (Lipinski definition) is 5. The van der Waals surface area contributed by atoms with Crippen molar-refractivity contribution >= 4 is 52.8 Å². The Morgan fingerprint density at radius 2 is 1.64 bits per heavy atom. The summed E-state index contributed by atoms with van der Waals surface area (Å²) in [4.78, 5) is 39.2. The molecule has 7 nitrogen and oxygen atoms in total. The van der Waals surface area contributed by atoms with Crippen LogP contribution in [0.25, 0.3) is 6.08 Å². The van der Waals surface area contributed by atoms with Gasteiger partial charge in [-0.25, -0.2) is 9.69 Å². The van der Waals surface area contributed by atoms with Crippen LogP contribution in [0.3, 0.4) is 0 Å². The van der Waals surface area contributed by atoms with E-state index in [0.29, 0.717) is 32.8 Å². The number of halogens is 2. The summed E-state index contributed by atoms with van der Waals surface area (Å²) in [6, 6.07) is 14.6. The molecule has 184 valence electrons. The fourth-order valence-corrected chi connectivity index (χ4v) is 4.29. The molecule has 4 amide bonds. The molecule has 0 unspecified atom stereocenters. The monoisotopic (exact) mass is 524 g/mol. The summed E-state index contributed by atoms with van der Waals surface area (Å²) in [5, 5.41) is 3.24. The molecule has 0 aliphatic carbocycles. The number of methoxy groups -OCH3 is 1. The highest BCUT2D eigenvalue weighted by Gasteiger charge is 2.37. The van der Waals surface area contributed by atoms with Crippen LogP contribution >= 0.6 is 23.2 Å². The number of urea groups is 1. The topological polar surface area (TPSA) is 84.9 Å². The van der Waals surface area contributed by atoms with Crippen LogP contribution in [0.1, 0.15) is 22.3 Å². The molecule has 1 fully saturated rings. The van der Waals surface area contributed by atoms with Crippen molar-refractivity contribution in [2.45, 2.75) is 20.5 Å². The number of aryl methyl sites for hydroxylation is 2. The Hall–Kier alpha value is -3.81. The van der Waals surface area contributed by atoms with E-state index in [1.807, 2.05) is 19.9 Å². The lowest BCUT2D eigenvalue weighted by Crippen LogP contribution is -2.54. The van der Waals surface area contributed by atoms with Crippen LogP contribution in [0.2, 0.25) is 10.0 Å². The largest absolute Gasteiger partial charge is 0.493 e. The lowest BCUT2D eigenvalue weighted by atomic mass is 10.0. The second-order valence-corrected chi connectivity index (χ2v) is 9.08. The number of ether oxygens (including phenoxy) is 2. The molecule has 0 spiro atoms. The van der Waals surface area contributed by atoms with Crippen LogP contribution in [-0.2, 0) is 16.2 Å². The summed E-state index contributed by atoms with van der Waals surface area (Å²) >= 11 is 12.2. The van der Waals surface area contributed by atoms with Gasteiger partial charge in [-0.3, -0.25) is 14.9 Å². The van der Waals surface area contributed by atoms with E-state index in [1.165, 1.54) is 13.2 Å². The molecule has 9 heteroatoms. The Morgan fingerprint density at radius 1 is 0.917 bits per heavy atom. The lowest BCUT2D eigenvalue weighted by molar-refractivity contribution is -0.122. The van der Waals surface area contributed by atoms with E-state index in [1.54, 1.807) is 48.5 Å². The van der Waals surface area contributed by atoms with Gasteiger partial charge in [0.05, 0.1) is 12.8 Å². The number of imide groups is 2. The Labute approximate surface area is 218 Å². The molecule has 1 aliphatic heterocycles. The van der Waals surface area contributed by atoms with E-state index in [-0.39, 0.29) is 12.2 Å². The molecule has 36 heavy (non-hydrogen) atoms. The smallest absolute Gasteiger partial charge is 0.335 e. The van der Waals surface area contributed by atoms with Gasteiger partial charge in [-0.2, -0.15) is 0 Å². The predicted molar refractivity (Wildman–Crippen MR) is 139 cm³/mol. The third-order valence-electron chi connectivity index (χ3n) is 5.46. The summed E-state index contributed by atoms with van der Waals surface area (Å²) in [6.07, 6.45) is 1.40. The van der Waals surface area contributed by atoms with Crippen molar-refractivity contribution in [3.63, 3.8) is 0 Å². The number of carbonyl (C=O) groups is 3. The zero-order valence-corrected chi connectivity index (χ0v) is 21.2. The number of anilines is 1. The van der Waals surface area contributed by atoms with Crippen LogP contribution in [0.15, 0.2) is 60.2 Å². The lowest BCUT2D eigenvalue weighted by Gasteiger charge is -2.27. The van der Waals surface area contributed by atoms with Gasteiger partial charge in [0.2, 0.25) is 0 Å². The number of hydrogen-bond donors (Lipinski definition) is 1. The first-order valence-electron chi connectivity index (χ1n) is 10.9. The molecule has 4 rings (SSSR count). The minimum Gasteiger partial charge on any atom is -0.493 e. The molecule has 3 aromatic carbocycles. The van der Waals surface area contributed by atoms with Gasteiger partial charge >= 0.3 is 6.03 Å². The highest BCUT2D eigenvalue weighted by atomic mass is 35.5. The van der Waals surface area contributed by atoms with Gasteiger partial charge in [0, 0.05) is 15.6 Å². The molecule has 0 radical (unpaired) electrons. The van der Waals surface area contributed by atoms with Gasteiger partial charge in [-0.05, 0) is 73.0 Å². The molecular weight excluding hydrogens is 503 g/mol. The van der Waals surface area contributed by atoms with Crippen molar-refractivity contribution in [1.29, 1.82) is 0 Å². The minimum absolute atomic E-state index is 0.181. The summed E-state index contributed by atoms with van der Waals surface area (Å²) in [5.41, 5.74) is 3.22. The van der Waals surface area contributed by atoms with Crippen molar-refractivity contribution in [3.05, 3.63) is 92.5 Å². The maximum absolute atomic E-state index is 13.2. The molecule has 0 bridgehead atoms. The highest BCUT2D eigenvalue weighted by Crippen LogP contribution is 2.32. The summed E-state index contributed by atoms with van der Waals surface area (Å²) < 4.78 is 11.3. The van der Waals surface area contributed by atoms with Crippen molar-refractivity contribution in [2.75, 3.05) is 12.0 Å².